The number of methoxy groups -OCH3 is 1. The Bertz CT molecular complexity index is 1150. The zero-order chi connectivity index (χ0) is 19.7. The standard InChI is InChI=1S/C23H20N2O2S/c1-14-7-6-8-17(21(14)27-3)22(26)24-18-12-11-16(13-15(18)2)23-25-19-9-4-5-10-20(19)28-23/h4-13H,1-3H3,(H,24,26). The number of rotatable bonds is 4. The molecule has 1 amide bonds. The van der Waals surface area contributed by atoms with Crippen LogP contribution in [0.15, 0.2) is 60.7 Å². The number of hydrogen-bond donors (Lipinski definition) is 1. The van der Waals surface area contributed by atoms with E-state index in [2.05, 4.69) is 17.4 Å². The maximum atomic E-state index is 12.8. The fraction of sp³-hybridized carbons (Fsp3) is 0.130. The van der Waals surface area contributed by atoms with Crippen molar-refractivity contribution in [1.82, 2.24) is 4.98 Å². The summed E-state index contributed by atoms with van der Waals surface area (Å²) in [5.74, 6) is 0.417. The second-order valence-electron chi connectivity index (χ2n) is 6.63. The van der Waals surface area contributed by atoms with E-state index in [0.29, 0.717) is 11.3 Å². The van der Waals surface area contributed by atoms with Gasteiger partial charge in [-0.05, 0) is 61.4 Å². The molecule has 1 heterocycles. The van der Waals surface area contributed by atoms with Gasteiger partial charge < -0.3 is 10.1 Å². The minimum atomic E-state index is -0.184. The monoisotopic (exact) mass is 388 g/mol. The maximum absolute atomic E-state index is 12.8. The number of fused-ring (bicyclic) bond motifs is 1. The number of aryl methyl sites for hydroxylation is 2. The number of benzene rings is 3. The lowest BCUT2D eigenvalue weighted by Gasteiger charge is -2.13. The van der Waals surface area contributed by atoms with Crippen molar-refractivity contribution in [3.63, 3.8) is 0 Å². The first-order chi connectivity index (χ1) is 13.6. The Morgan fingerprint density at radius 2 is 1.82 bits per heavy atom. The molecule has 140 valence electrons. The summed E-state index contributed by atoms with van der Waals surface area (Å²) in [6.07, 6.45) is 0. The Morgan fingerprint density at radius 3 is 2.57 bits per heavy atom. The zero-order valence-corrected chi connectivity index (χ0v) is 16.8. The van der Waals surface area contributed by atoms with Crippen molar-refractivity contribution in [2.24, 2.45) is 0 Å². The molecular weight excluding hydrogens is 368 g/mol. The first-order valence-corrected chi connectivity index (χ1v) is 9.80. The summed E-state index contributed by atoms with van der Waals surface area (Å²) in [4.78, 5) is 17.5. The summed E-state index contributed by atoms with van der Waals surface area (Å²) >= 11 is 1.67. The quantitative estimate of drug-likeness (QED) is 0.478. The molecule has 0 radical (unpaired) electrons. The molecule has 0 aliphatic heterocycles. The highest BCUT2D eigenvalue weighted by Gasteiger charge is 2.15. The van der Waals surface area contributed by atoms with Gasteiger partial charge in [0.1, 0.15) is 10.8 Å². The molecule has 4 nitrogen and oxygen atoms in total. The molecule has 0 unspecified atom stereocenters. The number of nitrogens with zero attached hydrogens (tertiary/aromatic N) is 1. The lowest BCUT2D eigenvalue weighted by atomic mass is 10.1. The summed E-state index contributed by atoms with van der Waals surface area (Å²) in [6.45, 7) is 3.91. The third-order valence-corrected chi connectivity index (χ3v) is 5.76. The van der Waals surface area contributed by atoms with Crippen LogP contribution in [0.2, 0.25) is 0 Å². The van der Waals surface area contributed by atoms with Gasteiger partial charge in [0.25, 0.3) is 5.91 Å². The van der Waals surface area contributed by atoms with Gasteiger partial charge in [-0.1, -0.05) is 24.3 Å². The molecular formula is C23H20N2O2S. The minimum Gasteiger partial charge on any atom is -0.496 e. The van der Waals surface area contributed by atoms with Crippen molar-refractivity contribution in [2.75, 3.05) is 12.4 Å². The summed E-state index contributed by atoms with van der Waals surface area (Å²) in [5, 5.41) is 3.97. The molecule has 0 saturated carbocycles. The third kappa shape index (κ3) is 3.37. The Morgan fingerprint density at radius 1 is 1.00 bits per heavy atom. The Labute approximate surface area is 167 Å². The second-order valence-corrected chi connectivity index (χ2v) is 7.66. The second kappa shape index (κ2) is 7.44. The van der Waals surface area contributed by atoms with E-state index in [1.54, 1.807) is 24.5 Å². The van der Waals surface area contributed by atoms with Gasteiger partial charge in [0.05, 0.1) is 22.9 Å². The summed E-state index contributed by atoms with van der Waals surface area (Å²) < 4.78 is 6.57. The van der Waals surface area contributed by atoms with Gasteiger partial charge in [0.15, 0.2) is 0 Å². The van der Waals surface area contributed by atoms with Gasteiger partial charge in [-0.25, -0.2) is 4.98 Å². The van der Waals surface area contributed by atoms with E-state index >= 15 is 0 Å². The lowest BCUT2D eigenvalue weighted by molar-refractivity contribution is 0.102. The Balaban J connectivity index is 1.62. The van der Waals surface area contributed by atoms with Gasteiger partial charge in [0.2, 0.25) is 0 Å². The number of hydrogen-bond acceptors (Lipinski definition) is 4. The average Bonchev–Trinajstić information content (AvgIpc) is 3.13. The number of aromatic nitrogens is 1. The van der Waals surface area contributed by atoms with E-state index in [1.807, 2.05) is 56.3 Å². The summed E-state index contributed by atoms with van der Waals surface area (Å²) in [7, 11) is 1.58. The van der Waals surface area contributed by atoms with Crippen LogP contribution in [-0.4, -0.2) is 18.0 Å². The van der Waals surface area contributed by atoms with Crippen LogP contribution in [0, 0.1) is 13.8 Å². The van der Waals surface area contributed by atoms with Crippen LogP contribution in [0.3, 0.4) is 0 Å². The van der Waals surface area contributed by atoms with Crippen LogP contribution < -0.4 is 10.1 Å². The van der Waals surface area contributed by atoms with Crippen molar-refractivity contribution in [3.8, 4) is 16.3 Å². The van der Waals surface area contributed by atoms with Crippen LogP contribution in [0.25, 0.3) is 20.8 Å². The number of amides is 1. The molecule has 0 spiro atoms. The van der Waals surface area contributed by atoms with Crippen molar-refractivity contribution in [1.29, 1.82) is 0 Å². The van der Waals surface area contributed by atoms with Gasteiger partial charge in [-0.2, -0.15) is 0 Å². The van der Waals surface area contributed by atoms with Crippen LogP contribution in [0.5, 0.6) is 5.75 Å². The molecule has 0 fully saturated rings. The molecule has 0 aliphatic carbocycles. The fourth-order valence-electron chi connectivity index (χ4n) is 3.22. The molecule has 4 aromatic rings. The molecule has 3 aromatic carbocycles. The highest BCUT2D eigenvalue weighted by Crippen LogP contribution is 2.32. The molecule has 0 atom stereocenters. The first kappa shape index (κ1) is 18.2. The maximum Gasteiger partial charge on any atom is 0.259 e. The number of thiazole rings is 1. The molecule has 4 rings (SSSR count). The smallest absolute Gasteiger partial charge is 0.259 e. The summed E-state index contributed by atoms with van der Waals surface area (Å²) in [6, 6.07) is 19.6. The zero-order valence-electron chi connectivity index (χ0n) is 15.9. The number of nitrogens with one attached hydrogen (secondary N) is 1. The predicted octanol–water partition coefficient (Wildman–Crippen LogP) is 5.84. The minimum absolute atomic E-state index is 0.184. The van der Waals surface area contributed by atoms with Crippen molar-refractivity contribution in [2.45, 2.75) is 13.8 Å². The normalized spacial score (nSPS) is 10.8. The number of carbonyl (C=O) groups excluding carboxylic acids is 1. The highest BCUT2D eigenvalue weighted by molar-refractivity contribution is 7.21. The topological polar surface area (TPSA) is 51.2 Å². The Hall–Kier alpha value is -3.18. The molecule has 1 aromatic heterocycles. The van der Waals surface area contributed by atoms with Crippen LogP contribution in [-0.2, 0) is 0 Å². The van der Waals surface area contributed by atoms with Crippen molar-refractivity contribution < 1.29 is 9.53 Å². The van der Waals surface area contributed by atoms with Crippen molar-refractivity contribution >= 4 is 33.1 Å². The predicted molar refractivity (Wildman–Crippen MR) is 115 cm³/mol. The lowest BCUT2D eigenvalue weighted by Crippen LogP contribution is -2.14. The van der Waals surface area contributed by atoms with E-state index in [0.717, 1.165) is 32.9 Å². The van der Waals surface area contributed by atoms with Crippen LogP contribution in [0.1, 0.15) is 21.5 Å². The molecule has 0 bridgehead atoms. The molecule has 0 aliphatic rings. The summed E-state index contributed by atoms with van der Waals surface area (Å²) in [5.41, 5.74) is 5.26. The van der Waals surface area contributed by atoms with Crippen molar-refractivity contribution in [3.05, 3.63) is 77.4 Å². The molecule has 5 heteroatoms. The molecule has 1 N–H and O–H groups in total. The molecule has 28 heavy (non-hydrogen) atoms. The largest absolute Gasteiger partial charge is 0.496 e. The number of ether oxygens (including phenoxy) is 1. The van der Waals surface area contributed by atoms with E-state index in [9.17, 15) is 4.79 Å². The van der Waals surface area contributed by atoms with Gasteiger partial charge in [0, 0.05) is 11.3 Å². The van der Waals surface area contributed by atoms with Crippen LogP contribution >= 0.6 is 11.3 Å². The fourth-order valence-corrected chi connectivity index (χ4v) is 4.19. The van der Waals surface area contributed by atoms with Crippen LogP contribution in [0.4, 0.5) is 5.69 Å². The number of carbonyl (C=O) groups is 1. The van der Waals surface area contributed by atoms with E-state index < -0.39 is 0 Å². The van der Waals surface area contributed by atoms with Gasteiger partial charge in [-0.15, -0.1) is 11.3 Å². The third-order valence-electron chi connectivity index (χ3n) is 4.68. The number of anilines is 1. The van der Waals surface area contributed by atoms with Gasteiger partial charge >= 0.3 is 0 Å². The highest BCUT2D eigenvalue weighted by atomic mass is 32.1. The average molecular weight is 388 g/mol. The Kier molecular flexibility index (Phi) is 4.84. The van der Waals surface area contributed by atoms with E-state index in [-0.39, 0.29) is 5.91 Å². The van der Waals surface area contributed by atoms with E-state index in [1.165, 1.54) is 4.70 Å². The SMILES string of the molecule is COc1c(C)cccc1C(=O)Nc1ccc(-c2nc3ccccc3s2)cc1C. The van der Waals surface area contributed by atoms with Gasteiger partial charge in [-0.3, -0.25) is 4.79 Å². The first-order valence-electron chi connectivity index (χ1n) is 8.98. The number of para-hydroxylation sites is 2. The van der Waals surface area contributed by atoms with E-state index in [4.69, 9.17) is 9.72 Å². The molecule has 0 saturated heterocycles.